The molecular weight excluding hydrogens is 393 g/mol. The van der Waals surface area contributed by atoms with E-state index in [0.29, 0.717) is 0 Å². The number of hydrogen-bond acceptors (Lipinski definition) is 4. The monoisotopic (exact) mass is 411 g/mol. The van der Waals surface area contributed by atoms with Crippen molar-refractivity contribution in [3.63, 3.8) is 0 Å². The fourth-order valence-corrected chi connectivity index (χ4v) is 3.47. The lowest BCUT2D eigenvalue weighted by atomic mass is 10.2. The zero-order chi connectivity index (χ0) is 14.5. The zero-order valence-corrected chi connectivity index (χ0v) is 14.8. The Balaban J connectivity index is 1.67. The normalized spacial score (nSPS) is 15.6. The minimum atomic E-state index is 0.875. The molecule has 1 aromatic heterocycles. The van der Waals surface area contributed by atoms with Crippen LogP contribution in [0.25, 0.3) is 11.3 Å². The van der Waals surface area contributed by atoms with E-state index in [0.717, 1.165) is 29.2 Å². The first-order valence-corrected chi connectivity index (χ1v) is 9.30. The van der Waals surface area contributed by atoms with E-state index in [2.05, 4.69) is 67.7 Å². The molecule has 1 aromatic carbocycles. The molecule has 0 aliphatic heterocycles. The quantitative estimate of drug-likeness (QED) is 0.409. The molecule has 3 rings (SSSR count). The summed E-state index contributed by atoms with van der Waals surface area (Å²) in [6.45, 7) is 0. The molecule has 3 nitrogen and oxygen atoms in total. The minimum Gasteiger partial charge on any atom is -0.253 e. The third-order valence-corrected chi connectivity index (χ3v) is 5.10. The topological polar surface area (TPSA) is 37.3 Å². The molecule has 1 aliphatic rings. The van der Waals surface area contributed by atoms with E-state index in [9.17, 15) is 0 Å². The first kappa shape index (κ1) is 15.0. The molecule has 21 heavy (non-hydrogen) atoms. The van der Waals surface area contributed by atoms with Crippen LogP contribution in [0.15, 0.2) is 34.7 Å². The van der Waals surface area contributed by atoms with Crippen molar-refractivity contribution in [1.29, 1.82) is 0 Å². The standard InChI is InChI=1S/C16H18IN3S/c17-13-9-7-12(8-10-13)15-11-21-16(18-15)20-19-14-5-3-1-2-4-6-14/h7-11H,1-6H2,(H,18,20). The second-order valence-corrected chi connectivity index (χ2v) is 7.35. The van der Waals surface area contributed by atoms with Crippen LogP contribution >= 0.6 is 33.9 Å². The number of hydrazone groups is 1. The third-order valence-electron chi connectivity index (χ3n) is 3.63. The number of halogens is 1. The highest BCUT2D eigenvalue weighted by molar-refractivity contribution is 14.1. The van der Waals surface area contributed by atoms with Crippen LogP contribution in [0.3, 0.4) is 0 Å². The summed E-state index contributed by atoms with van der Waals surface area (Å²) >= 11 is 3.93. The van der Waals surface area contributed by atoms with Gasteiger partial charge < -0.3 is 0 Å². The lowest BCUT2D eigenvalue weighted by molar-refractivity contribution is 0.702. The number of rotatable bonds is 3. The molecule has 1 heterocycles. The number of anilines is 1. The average molecular weight is 411 g/mol. The molecule has 0 spiro atoms. The Bertz CT molecular complexity index is 609. The van der Waals surface area contributed by atoms with Gasteiger partial charge in [-0.3, -0.25) is 5.43 Å². The fraction of sp³-hybridized carbons (Fsp3) is 0.375. The second-order valence-electron chi connectivity index (χ2n) is 5.25. The highest BCUT2D eigenvalue weighted by atomic mass is 127. The maximum absolute atomic E-state index is 4.62. The molecule has 0 bridgehead atoms. The molecule has 0 amide bonds. The lowest BCUT2D eigenvalue weighted by Crippen LogP contribution is -2.00. The van der Waals surface area contributed by atoms with Gasteiger partial charge >= 0.3 is 0 Å². The highest BCUT2D eigenvalue weighted by Gasteiger charge is 2.07. The Labute approximate surface area is 143 Å². The van der Waals surface area contributed by atoms with Crippen LogP contribution in [0.2, 0.25) is 0 Å². The van der Waals surface area contributed by atoms with E-state index in [1.165, 1.54) is 35.0 Å². The van der Waals surface area contributed by atoms with Gasteiger partial charge in [-0.05, 0) is 60.4 Å². The predicted molar refractivity (Wildman–Crippen MR) is 99.0 cm³/mol. The first-order valence-electron chi connectivity index (χ1n) is 7.34. The van der Waals surface area contributed by atoms with Crippen molar-refractivity contribution in [2.24, 2.45) is 5.10 Å². The molecule has 5 heteroatoms. The van der Waals surface area contributed by atoms with Crippen molar-refractivity contribution >= 4 is 44.8 Å². The lowest BCUT2D eigenvalue weighted by Gasteiger charge is -2.01. The van der Waals surface area contributed by atoms with Crippen LogP contribution < -0.4 is 5.43 Å². The fourth-order valence-electron chi connectivity index (χ4n) is 2.45. The van der Waals surface area contributed by atoms with Crippen molar-refractivity contribution in [2.45, 2.75) is 38.5 Å². The van der Waals surface area contributed by atoms with Gasteiger partial charge in [-0.2, -0.15) is 5.10 Å². The predicted octanol–water partition coefficient (Wildman–Crippen LogP) is 5.54. The van der Waals surface area contributed by atoms with Crippen LogP contribution in [0.1, 0.15) is 38.5 Å². The van der Waals surface area contributed by atoms with Crippen molar-refractivity contribution in [3.8, 4) is 11.3 Å². The van der Waals surface area contributed by atoms with Crippen LogP contribution in [0, 0.1) is 3.57 Å². The molecule has 1 fully saturated rings. The molecular formula is C16H18IN3S. The number of thiazole rings is 1. The maximum Gasteiger partial charge on any atom is 0.203 e. The van der Waals surface area contributed by atoms with Gasteiger partial charge in [0.25, 0.3) is 0 Å². The maximum atomic E-state index is 4.62. The van der Waals surface area contributed by atoms with Gasteiger partial charge in [0.15, 0.2) is 0 Å². The van der Waals surface area contributed by atoms with Gasteiger partial charge in [0.2, 0.25) is 5.13 Å². The van der Waals surface area contributed by atoms with Crippen LogP contribution in [-0.2, 0) is 0 Å². The van der Waals surface area contributed by atoms with E-state index in [4.69, 9.17) is 0 Å². The van der Waals surface area contributed by atoms with Crippen molar-refractivity contribution in [3.05, 3.63) is 33.2 Å². The zero-order valence-electron chi connectivity index (χ0n) is 11.8. The summed E-state index contributed by atoms with van der Waals surface area (Å²) in [5.74, 6) is 0. The van der Waals surface area contributed by atoms with Crippen molar-refractivity contribution < 1.29 is 0 Å². The van der Waals surface area contributed by atoms with Gasteiger partial charge in [-0.25, -0.2) is 4.98 Å². The Morgan fingerprint density at radius 1 is 1.05 bits per heavy atom. The van der Waals surface area contributed by atoms with E-state index < -0.39 is 0 Å². The molecule has 0 radical (unpaired) electrons. The highest BCUT2D eigenvalue weighted by Crippen LogP contribution is 2.25. The number of nitrogens with zero attached hydrogens (tertiary/aromatic N) is 2. The number of benzene rings is 1. The van der Waals surface area contributed by atoms with Crippen LogP contribution in [0.5, 0.6) is 0 Å². The summed E-state index contributed by atoms with van der Waals surface area (Å²) in [5, 5.41) is 7.50. The minimum absolute atomic E-state index is 0.875. The molecule has 1 N–H and O–H groups in total. The Kier molecular flexibility index (Phi) is 5.24. The van der Waals surface area contributed by atoms with E-state index in [-0.39, 0.29) is 0 Å². The van der Waals surface area contributed by atoms with Gasteiger partial charge in [-0.1, -0.05) is 25.0 Å². The summed E-state index contributed by atoms with van der Waals surface area (Å²) in [4.78, 5) is 4.62. The van der Waals surface area contributed by atoms with Gasteiger partial charge in [0, 0.05) is 20.2 Å². The van der Waals surface area contributed by atoms with Gasteiger partial charge in [0.1, 0.15) is 0 Å². The molecule has 0 saturated heterocycles. The van der Waals surface area contributed by atoms with E-state index in [1.807, 2.05) is 0 Å². The van der Waals surface area contributed by atoms with E-state index >= 15 is 0 Å². The van der Waals surface area contributed by atoms with Crippen molar-refractivity contribution in [2.75, 3.05) is 5.43 Å². The molecule has 1 saturated carbocycles. The molecule has 0 unspecified atom stereocenters. The summed E-state index contributed by atoms with van der Waals surface area (Å²) in [6, 6.07) is 8.43. The second kappa shape index (κ2) is 7.35. The Morgan fingerprint density at radius 3 is 2.48 bits per heavy atom. The van der Waals surface area contributed by atoms with Gasteiger partial charge in [0.05, 0.1) is 5.69 Å². The van der Waals surface area contributed by atoms with Crippen LogP contribution in [0.4, 0.5) is 5.13 Å². The van der Waals surface area contributed by atoms with E-state index in [1.54, 1.807) is 11.3 Å². The SMILES string of the molecule is Ic1ccc(-c2csc(NN=C3CCCCCC3)n2)cc1. The summed E-state index contributed by atoms with van der Waals surface area (Å²) < 4.78 is 1.24. The largest absolute Gasteiger partial charge is 0.253 e. The molecule has 1 aliphatic carbocycles. The first-order chi connectivity index (χ1) is 10.3. The Morgan fingerprint density at radius 2 is 1.76 bits per heavy atom. The van der Waals surface area contributed by atoms with Gasteiger partial charge in [-0.15, -0.1) is 11.3 Å². The summed E-state index contributed by atoms with van der Waals surface area (Å²) in [7, 11) is 0. The number of hydrogen-bond donors (Lipinski definition) is 1. The number of nitrogens with one attached hydrogen (secondary N) is 1. The number of aromatic nitrogens is 1. The molecule has 0 atom stereocenters. The summed E-state index contributed by atoms with van der Waals surface area (Å²) in [6.07, 6.45) is 7.48. The van der Waals surface area contributed by atoms with Crippen molar-refractivity contribution in [1.82, 2.24) is 4.98 Å². The average Bonchev–Trinajstić information content (AvgIpc) is 2.81. The molecule has 110 valence electrons. The summed E-state index contributed by atoms with van der Waals surface area (Å²) in [5.41, 5.74) is 6.60. The smallest absolute Gasteiger partial charge is 0.203 e. The van der Waals surface area contributed by atoms with Crippen LogP contribution in [-0.4, -0.2) is 10.7 Å². The third kappa shape index (κ3) is 4.26. The molecule has 2 aromatic rings. The Hall–Kier alpha value is -0.950.